The van der Waals surface area contributed by atoms with Gasteiger partial charge in [0.25, 0.3) is 0 Å². The number of rotatable bonds is 5. The fourth-order valence-corrected chi connectivity index (χ4v) is 5.76. The second kappa shape index (κ2) is 7.27. The molecule has 29 heavy (non-hydrogen) atoms. The molecule has 1 aromatic rings. The van der Waals surface area contributed by atoms with Gasteiger partial charge in [0.15, 0.2) is 0 Å². The number of amides is 2. The number of likely N-dealkylation sites (tertiary alicyclic amines) is 1. The van der Waals surface area contributed by atoms with Gasteiger partial charge in [0.1, 0.15) is 5.60 Å². The first-order chi connectivity index (χ1) is 14.1. The quantitative estimate of drug-likeness (QED) is 0.607. The molecule has 4 atom stereocenters. The van der Waals surface area contributed by atoms with E-state index in [-0.39, 0.29) is 23.8 Å². The zero-order chi connectivity index (χ0) is 20.0. The van der Waals surface area contributed by atoms with E-state index in [1.807, 2.05) is 24.2 Å². The molecule has 1 saturated carbocycles. The lowest BCUT2D eigenvalue weighted by molar-refractivity contribution is -0.143. The van der Waals surface area contributed by atoms with Gasteiger partial charge in [0.05, 0.1) is 30.7 Å². The number of nitrogens with one attached hydrogen (secondary N) is 1. The van der Waals surface area contributed by atoms with E-state index in [1.165, 1.54) is 25.7 Å². The molecule has 0 unspecified atom stereocenters. The van der Waals surface area contributed by atoms with Gasteiger partial charge in [0, 0.05) is 25.8 Å². The largest absolute Gasteiger partial charge is 0.360 e. The molecule has 1 spiro atoms. The summed E-state index contributed by atoms with van der Waals surface area (Å²) in [6, 6.07) is 0.301. The lowest BCUT2D eigenvalue weighted by Gasteiger charge is -2.30. The maximum Gasteiger partial charge on any atom is 0.230 e. The van der Waals surface area contributed by atoms with Crippen LogP contribution in [-0.4, -0.2) is 69.7 Å². The van der Waals surface area contributed by atoms with Crippen LogP contribution in [0.2, 0.25) is 0 Å². The summed E-state index contributed by atoms with van der Waals surface area (Å²) in [7, 11) is 1.83. The van der Waals surface area contributed by atoms with Crippen molar-refractivity contribution in [1.29, 1.82) is 0 Å². The molecule has 7 heteroatoms. The Kier molecular flexibility index (Phi) is 4.73. The van der Waals surface area contributed by atoms with Gasteiger partial charge in [-0.15, -0.1) is 0 Å². The second-order valence-electron chi connectivity index (χ2n) is 9.13. The van der Waals surface area contributed by atoms with Gasteiger partial charge in [-0.05, 0) is 24.8 Å². The summed E-state index contributed by atoms with van der Waals surface area (Å²) in [6.45, 7) is 1.21. The molecule has 4 aliphatic rings. The number of carbonyl (C=O) groups is 2. The van der Waals surface area contributed by atoms with E-state index in [0.717, 1.165) is 24.8 Å². The number of hydrogen-bond acceptors (Lipinski definition) is 4. The number of aromatic nitrogens is 2. The van der Waals surface area contributed by atoms with Crippen LogP contribution in [0, 0.1) is 11.8 Å². The van der Waals surface area contributed by atoms with Gasteiger partial charge in [-0.2, -0.15) is 5.10 Å². The number of likely N-dealkylation sites (N-methyl/N-ethyl adjacent to an activating group) is 1. The van der Waals surface area contributed by atoms with Crippen LogP contribution in [-0.2, 0) is 20.7 Å². The SMILES string of the molecule is CN(CCc1cn[nH]c1)C(=O)[C@@H]1[C@@H]2C=C[C@@]3(CN(C4CCCCCC4)C(=O)[C@H]13)O2. The monoisotopic (exact) mass is 398 g/mol. The summed E-state index contributed by atoms with van der Waals surface area (Å²) in [4.78, 5) is 30.6. The highest BCUT2D eigenvalue weighted by molar-refractivity contribution is 5.93. The molecule has 3 aliphatic heterocycles. The average molecular weight is 399 g/mol. The Morgan fingerprint density at radius 2 is 2.14 bits per heavy atom. The van der Waals surface area contributed by atoms with Crippen LogP contribution >= 0.6 is 0 Å². The maximum atomic E-state index is 13.5. The van der Waals surface area contributed by atoms with E-state index in [4.69, 9.17) is 4.74 Å². The van der Waals surface area contributed by atoms with Gasteiger partial charge in [-0.25, -0.2) is 0 Å². The molecular formula is C22H30N4O3. The van der Waals surface area contributed by atoms with Crippen molar-refractivity contribution in [3.8, 4) is 0 Å². The Bertz CT molecular complexity index is 799. The van der Waals surface area contributed by atoms with E-state index in [0.29, 0.717) is 19.1 Å². The second-order valence-corrected chi connectivity index (χ2v) is 9.13. The zero-order valence-electron chi connectivity index (χ0n) is 17.0. The molecule has 1 aliphatic carbocycles. The van der Waals surface area contributed by atoms with Crippen molar-refractivity contribution in [1.82, 2.24) is 20.0 Å². The molecule has 0 radical (unpaired) electrons. The summed E-state index contributed by atoms with van der Waals surface area (Å²) in [5.41, 5.74) is 0.474. The molecule has 5 rings (SSSR count). The number of aromatic amines is 1. The highest BCUT2D eigenvalue weighted by Crippen LogP contribution is 2.53. The smallest absolute Gasteiger partial charge is 0.230 e. The van der Waals surface area contributed by atoms with Crippen molar-refractivity contribution in [3.63, 3.8) is 0 Å². The molecule has 2 saturated heterocycles. The summed E-state index contributed by atoms with van der Waals surface area (Å²) in [5.74, 6) is -0.627. The summed E-state index contributed by atoms with van der Waals surface area (Å²) < 4.78 is 6.30. The maximum absolute atomic E-state index is 13.5. The normalized spacial score (nSPS) is 33.9. The predicted octanol–water partition coefficient (Wildman–Crippen LogP) is 1.92. The predicted molar refractivity (Wildman–Crippen MR) is 107 cm³/mol. The van der Waals surface area contributed by atoms with Gasteiger partial charge in [-0.1, -0.05) is 37.8 Å². The molecule has 3 fully saturated rings. The zero-order valence-corrected chi connectivity index (χ0v) is 17.0. The summed E-state index contributed by atoms with van der Waals surface area (Å²) in [5, 5.41) is 6.76. The Labute approximate surface area is 171 Å². The van der Waals surface area contributed by atoms with Gasteiger partial charge in [-0.3, -0.25) is 14.7 Å². The average Bonchev–Trinajstić information content (AvgIpc) is 3.45. The van der Waals surface area contributed by atoms with E-state index in [1.54, 1.807) is 11.1 Å². The lowest BCUT2D eigenvalue weighted by Crippen LogP contribution is -2.45. The minimum absolute atomic E-state index is 0.0192. The fraction of sp³-hybridized carbons (Fsp3) is 0.682. The Balaban J connectivity index is 1.32. The summed E-state index contributed by atoms with van der Waals surface area (Å²) in [6.07, 6.45) is 15.2. The molecule has 2 bridgehead atoms. The molecule has 156 valence electrons. The van der Waals surface area contributed by atoms with Crippen LogP contribution < -0.4 is 0 Å². The van der Waals surface area contributed by atoms with Crippen molar-refractivity contribution in [2.24, 2.45) is 11.8 Å². The Morgan fingerprint density at radius 3 is 2.86 bits per heavy atom. The van der Waals surface area contributed by atoms with Crippen LogP contribution in [0.1, 0.15) is 44.1 Å². The topological polar surface area (TPSA) is 78.5 Å². The number of carbonyl (C=O) groups excluding carboxylic acids is 2. The Morgan fingerprint density at radius 1 is 1.34 bits per heavy atom. The fourth-order valence-electron chi connectivity index (χ4n) is 5.76. The first-order valence-electron chi connectivity index (χ1n) is 11.0. The third-order valence-electron chi connectivity index (χ3n) is 7.35. The van der Waals surface area contributed by atoms with E-state index < -0.39 is 11.5 Å². The molecule has 2 amide bonds. The molecule has 1 N–H and O–H groups in total. The third-order valence-corrected chi connectivity index (χ3v) is 7.35. The minimum atomic E-state index is -0.597. The molecular weight excluding hydrogens is 368 g/mol. The van der Waals surface area contributed by atoms with Gasteiger partial charge >= 0.3 is 0 Å². The van der Waals surface area contributed by atoms with E-state index in [9.17, 15) is 9.59 Å². The highest BCUT2D eigenvalue weighted by atomic mass is 16.5. The van der Waals surface area contributed by atoms with Gasteiger partial charge < -0.3 is 14.5 Å². The van der Waals surface area contributed by atoms with Crippen molar-refractivity contribution >= 4 is 11.8 Å². The molecule has 7 nitrogen and oxygen atoms in total. The van der Waals surface area contributed by atoms with Crippen LogP contribution in [0.15, 0.2) is 24.5 Å². The van der Waals surface area contributed by atoms with E-state index in [2.05, 4.69) is 16.3 Å². The number of H-pyrrole nitrogens is 1. The minimum Gasteiger partial charge on any atom is -0.360 e. The number of hydrogen-bond donors (Lipinski definition) is 1. The van der Waals surface area contributed by atoms with Crippen LogP contribution in [0.25, 0.3) is 0 Å². The summed E-state index contributed by atoms with van der Waals surface area (Å²) >= 11 is 0. The lowest BCUT2D eigenvalue weighted by atomic mass is 9.76. The van der Waals surface area contributed by atoms with Crippen LogP contribution in [0.3, 0.4) is 0 Å². The van der Waals surface area contributed by atoms with Crippen molar-refractivity contribution in [2.75, 3.05) is 20.1 Å². The first-order valence-corrected chi connectivity index (χ1v) is 11.0. The highest BCUT2D eigenvalue weighted by Gasteiger charge is 2.67. The number of nitrogens with zero attached hydrogens (tertiary/aromatic N) is 3. The van der Waals surface area contributed by atoms with Crippen LogP contribution in [0.4, 0.5) is 0 Å². The first kappa shape index (κ1) is 18.9. The number of fused-ring (bicyclic) bond motifs is 1. The van der Waals surface area contributed by atoms with Crippen molar-refractivity contribution in [3.05, 3.63) is 30.1 Å². The molecule has 0 aromatic carbocycles. The number of ether oxygens (including phenoxy) is 1. The molecule has 4 heterocycles. The van der Waals surface area contributed by atoms with E-state index >= 15 is 0 Å². The molecule has 1 aromatic heterocycles. The van der Waals surface area contributed by atoms with Crippen LogP contribution in [0.5, 0.6) is 0 Å². The standard InChI is InChI=1S/C22H30N4O3/c1-25(11-9-15-12-23-24-13-15)20(27)18-17-8-10-22(29-17)14-26(21(28)19(18)22)16-6-4-2-3-5-7-16/h8,10,12-13,16-19H,2-7,9,11,14H2,1H3,(H,23,24)/t17-,18+,19-,22-/m0/s1. The van der Waals surface area contributed by atoms with Crippen molar-refractivity contribution in [2.45, 2.75) is 62.7 Å². The van der Waals surface area contributed by atoms with Gasteiger partial charge in [0.2, 0.25) is 11.8 Å². The van der Waals surface area contributed by atoms with Crippen molar-refractivity contribution < 1.29 is 14.3 Å². The Hall–Kier alpha value is -2.15. The third kappa shape index (κ3) is 3.10.